The molecule has 15 heavy (non-hydrogen) atoms. The topological polar surface area (TPSA) is 72.3 Å². The number of methoxy groups -OCH3 is 1. The second kappa shape index (κ2) is 4.35. The van der Waals surface area contributed by atoms with Gasteiger partial charge in [0.1, 0.15) is 5.41 Å². The Morgan fingerprint density at radius 2 is 2.13 bits per heavy atom. The minimum Gasteiger partial charge on any atom is -0.468 e. The third kappa shape index (κ3) is 2.30. The highest BCUT2D eigenvalue weighted by molar-refractivity contribution is 5.81. The van der Waals surface area contributed by atoms with Crippen LogP contribution in [0.2, 0.25) is 0 Å². The number of hydrogen-bond acceptors (Lipinski definition) is 5. The largest absolute Gasteiger partial charge is 0.468 e. The molecule has 1 aromatic heterocycles. The number of carbonyl (C=O) groups is 1. The van der Waals surface area contributed by atoms with Crippen molar-refractivity contribution in [2.24, 2.45) is 0 Å². The van der Waals surface area contributed by atoms with Gasteiger partial charge in [-0.1, -0.05) is 0 Å². The molecular weight excluding hydrogens is 196 g/mol. The highest BCUT2D eigenvalue weighted by Crippen LogP contribution is 2.21. The van der Waals surface area contributed by atoms with E-state index in [1.807, 2.05) is 0 Å². The molecule has 0 aromatic carbocycles. The average Bonchev–Trinajstić information content (AvgIpc) is 2.28. The van der Waals surface area contributed by atoms with Crippen LogP contribution in [-0.4, -0.2) is 28.2 Å². The maximum atomic E-state index is 11.4. The number of aromatic nitrogens is 2. The number of rotatable bonds is 3. The molecule has 0 radical (unpaired) electrons. The summed E-state index contributed by atoms with van der Waals surface area (Å²) in [4.78, 5) is 19.5. The maximum Gasteiger partial charge on any atom is 0.317 e. The maximum absolute atomic E-state index is 11.4. The number of nitrogens with zero attached hydrogens (tertiary/aromatic N) is 2. The molecule has 0 fully saturated rings. The lowest BCUT2D eigenvalue weighted by Crippen LogP contribution is -2.31. The molecule has 82 valence electrons. The van der Waals surface area contributed by atoms with Crippen LogP contribution in [0.15, 0.2) is 12.4 Å². The molecule has 5 nitrogen and oxygen atoms in total. The average molecular weight is 210 g/mol. The summed E-state index contributed by atoms with van der Waals surface area (Å²) in [7, 11) is 1.33. The number of esters is 1. The summed E-state index contributed by atoms with van der Waals surface area (Å²) in [5, 5.41) is 8.79. The zero-order valence-electron chi connectivity index (χ0n) is 9.02. The molecule has 0 amide bonds. The van der Waals surface area contributed by atoms with Gasteiger partial charge in [-0.05, 0) is 13.8 Å². The van der Waals surface area contributed by atoms with Crippen LogP contribution in [-0.2, 0) is 21.6 Å². The van der Waals surface area contributed by atoms with Gasteiger partial charge in [-0.2, -0.15) is 0 Å². The quantitative estimate of drug-likeness (QED) is 0.732. The number of aliphatic hydroxyl groups is 1. The fraction of sp³-hybridized carbons (Fsp3) is 0.500. The van der Waals surface area contributed by atoms with Crippen molar-refractivity contribution in [2.45, 2.75) is 25.9 Å². The molecular formula is C10H14N2O3. The van der Waals surface area contributed by atoms with E-state index in [1.165, 1.54) is 19.5 Å². The minimum atomic E-state index is -0.824. The van der Waals surface area contributed by atoms with Crippen molar-refractivity contribution >= 4 is 5.97 Å². The van der Waals surface area contributed by atoms with E-state index in [0.717, 1.165) is 0 Å². The van der Waals surface area contributed by atoms with Gasteiger partial charge < -0.3 is 9.84 Å². The molecule has 0 bridgehead atoms. The lowest BCUT2D eigenvalue weighted by Gasteiger charge is -2.20. The minimum absolute atomic E-state index is 0.161. The lowest BCUT2D eigenvalue weighted by atomic mass is 9.90. The highest BCUT2D eigenvalue weighted by Gasteiger charge is 2.32. The van der Waals surface area contributed by atoms with Gasteiger partial charge in [0.15, 0.2) is 0 Å². The van der Waals surface area contributed by atoms with Crippen molar-refractivity contribution in [3.05, 3.63) is 23.8 Å². The van der Waals surface area contributed by atoms with Crippen molar-refractivity contribution in [3.8, 4) is 0 Å². The smallest absolute Gasteiger partial charge is 0.317 e. The fourth-order valence-electron chi connectivity index (χ4n) is 1.12. The second-order valence-corrected chi connectivity index (χ2v) is 3.67. The van der Waals surface area contributed by atoms with Gasteiger partial charge in [0, 0.05) is 6.20 Å². The van der Waals surface area contributed by atoms with Crippen molar-refractivity contribution in [1.82, 2.24) is 9.97 Å². The molecule has 0 aliphatic heterocycles. The van der Waals surface area contributed by atoms with Crippen molar-refractivity contribution in [1.29, 1.82) is 0 Å². The van der Waals surface area contributed by atoms with Crippen LogP contribution in [0.4, 0.5) is 0 Å². The van der Waals surface area contributed by atoms with E-state index < -0.39 is 5.41 Å². The molecule has 0 unspecified atom stereocenters. The molecule has 5 heteroatoms. The first-order valence-electron chi connectivity index (χ1n) is 4.53. The highest BCUT2D eigenvalue weighted by atomic mass is 16.5. The summed E-state index contributed by atoms with van der Waals surface area (Å²) in [6.07, 6.45) is 2.92. The monoisotopic (exact) mass is 210 g/mol. The van der Waals surface area contributed by atoms with Crippen LogP contribution in [0.3, 0.4) is 0 Å². The Kier molecular flexibility index (Phi) is 3.36. The predicted molar refractivity (Wildman–Crippen MR) is 53.0 cm³/mol. The molecule has 0 aliphatic rings. The Balaban J connectivity index is 3.00. The number of carbonyl (C=O) groups excluding carboxylic acids is 1. The van der Waals surface area contributed by atoms with E-state index in [2.05, 4.69) is 14.7 Å². The predicted octanol–water partition coefficient (Wildman–Crippen LogP) is 0.419. The Morgan fingerprint density at radius 1 is 1.47 bits per heavy atom. The molecule has 0 saturated heterocycles. The zero-order valence-corrected chi connectivity index (χ0v) is 9.02. The third-order valence-corrected chi connectivity index (χ3v) is 2.20. The molecule has 1 N–H and O–H groups in total. The van der Waals surface area contributed by atoms with Crippen LogP contribution >= 0.6 is 0 Å². The molecule has 0 atom stereocenters. The van der Waals surface area contributed by atoms with Gasteiger partial charge in [-0.3, -0.25) is 14.8 Å². The number of aliphatic hydroxyl groups excluding tert-OH is 1. The van der Waals surface area contributed by atoms with Gasteiger partial charge >= 0.3 is 5.97 Å². The summed E-state index contributed by atoms with van der Waals surface area (Å²) in [5.74, 6) is -0.367. The van der Waals surface area contributed by atoms with E-state index >= 15 is 0 Å². The summed E-state index contributed by atoms with van der Waals surface area (Å²) in [6, 6.07) is 0. The second-order valence-electron chi connectivity index (χ2n) is 3.67. The van der Waals surface area contributed by atoms with E-state index in [-0.39, 0.29) is 12.6 Å². The standard InChI is InChI=1S/C10H14N2O3/c1-10(2,9(14)15-3)8-5-11-7(6-13)4-12-8/h4-5,13H,6H2,1-3H3. The lowest BCUT2D eigenvalue weighted by molar-refractivity contribution is -0.146. The number of hydrogen-bond donors (Lipinski definition) is 1. The van der Waals surface area contributed by atoms with Crippen molar-refractivity contribution < 1.29 is 14.6 Å². The first-order valence-corrected chi connectivity index (χ1v) is 4.53. The number of ether oxygens (including phenoxy) is 1. The van der Waals surface area contributed by atoms with Crippen LogP contribution in [0, 0.1) is 0 Å². The molecule has 1 aromatic rings. The normalized spacial score (nSPS) is 11.2. The molecule has 0 aliphatic carbocycles. The van der Waals surface area contributed by atoms with Gasteiger partial charge in [0.2, 0.25) is 0 Å². The van der Waals surface area contributed by atoms with Crippen LogP contribution in [0.25, 0.3) is 0 Å². The van der Waals surface area contributed by atoms with Crippen LogP contribution in [0.1, 0.15) is 25.2 Å². The molecule has 1 heterocycles. The van der Waals surface area contributed by atoms with Gasteiger partial charge in [0.05, 0.1) is 31.3 Å². The Labute approximate surface area is 88.1 Å². The van der Waals surface area contributed by atoms with E-state index in [4.69, 9.17) is 5.11 Å². The Morgan fingerprint density at radius 3 is 2.53 bits per heavy atom. The van der Waals surface area contributed by atoms with Gasteiger partial charge in [0.25, 0.3) is 0 Å². The first-order chi connectivity index (χ1) is 7.02. The van der Waals surface area contributed by atoms with E-state index in [9.17, 15) is 4.79 Å². The Bertz CT molecular complexity index is 346. The summed E-state index contributed by atoms with van der Waals surface area (Å²) < 4.78 is 4.67. The zero-order chi connectivity index (χ0) is 11.5. The van der Waals surface area contributed by atoms with Crippen LogP contribution in [0.5, 0.6) is 0 Å². The fourth-order valence-corrected chi connectivity index (χ4v) is 1.12. The molecule has 0 saturated carbocycles. The summed E-state index contributed by atoms with van der Waals surface area (Å²) in [5.41, 5.74) is 0.168. The Hall–Kier alpha value is -1.49. The molecule has 1 rings (SSSR count). The van der Waals surface area contributed by atoms with Gasteiger partial charge in [-0.15, -0.1) is 0 Å². The molecule has 0 spiro atoms. The van der Waals surface area contributed by atoms with E-state index in [1.54, 1.807) is 13.8 Å². The third-order valence-electron chi connectivity index (χ3n) is 2.20. The first kappa shape index (κ1) is 11.6. The summed E-state index contributed by atoms with van der Waals surface area (Å²) >= 11 is 0. The van der Waals surface area contributed by atoms with Gasteiger partial charge in [-0.25, -0.2) is 0 Å². The summed E-state index contributed by atoms with van der Waals surface area (Å²) in [6.45, 7) is 3.26. The van der Waals surface area contributed by atoms with Crippen molar-refractivity contribution in [2.75, 3.05) is 7.11 Å². The van der Waals surface area contributed by atoms with Crippen LogP contribution < -0.4 is 0 Å². The SMILES string of the molecule is COC(=O)C(C)(C)c1cnc(CO)cn1. The van der Waals surface area contributed by atoms with Crippen molar-refractivity contribution in [3.63, 3.8) is 0 Å². The van der Waals surface area contributed by atoms with E-state index in [0.29, 0.717) is 11.4 Å².